The van der Waals surface area contributed by atoms with Gasteiger partial charge in [0.25, 0.3) is 0 Å². The van der Waals surface area contributed by atoms with Crippen LogP contribution in [0.3, 0.4) is 0 Å². The van der Waals surface area contributed by atoms with E-state index in [4.69, 9.17) is 4.74 Å². The van der Waals surface area contributed by atoms with Gasteiger partial charge >= 0.3 is 0 Å². The van der Waals surface area contributed by atoms with Crippen LogP contribution >= 0.6 is 11.3 Å². The molecule has 0 bridgehead atoms. The van der Waals surface area contributed by atoms with Crippen molar-refractivity contribution in [3.8, 4) is 22.6 Å². The van der Waals surface area contributed by atoms with Gasteiger partial charge in [0.15, 0.2) is 0 Å². The molecule has 4 nitrogen and oxygen atoms in total. The number of likely N-dealkylation sites (tertiary alicyclic amines) is 1. The van der Waals surface area contributed by atoms with Gasteiger partial charge in [0.05, 0.1) is 4.88 Å². The highest BCUT2D eigenvalue weighted by Crippen LogP contribution is 2.41. The molecule has 1 N–H and O–H groups in total. The van der Waals surface area contributed by atoms with E-state index in [9.17, 15) is 14.3 Å². The Kier molecular flexibility index (Phi) is 6.35. The fourth-order valence-corrected chi connectivity index (χ4v) is 5.72. The predicted octanol–water partition coefficient (Wildman–Crippen LogP) is 6.36. The number of aromatic hydroxyl groups is 1. The number of ketones is 1. The molecule has 1 aliphatic heterocycles. The summed E-state index contributed by atoms with van der Waals surface area (Å²) in [6, 6.07) is 18.5. The molecule has 1 atom stereocenters. The first-order chi connectivity index (χ1) is 16.5. The number of phenols is 1. The number of hydrogen-bond acceptors (Lipinski definition) is 5. The Hall–Kier alpha value is -3.22. The third kappa shape index (κ3) is 4.69. The van der Waals surface area contributed by atoms with E-state index in [0.29, 0.717) is 17.0 Å². The third-order valence-electron chi connectivity index (χ3n) is 6.31. The molecule has 0 amide bonds. The van der Waals surface area contributed by atoms with Crippen LogP contribution in [0.4, 0.5) is 4.39 Å². The zero-order valence-electron chi connectivity index (χ0n) is 19.0. The molecule has 5 rings (SSSR count). The second kappa shape index (κ2) is 9.57. The lowest BCUT2D eigenvalue weighted by Crippen LogP contribution is -2.25. The number of benzene rings is 3. The zero-order valence-corrected chi connectivity index (χ0v) is 19.8. The number of nitrogens with zero attached hydrogens (tertiary/aromatic N) is 1. The maximum atomic E-state index is 13.4. The van der Waals surface area contributed by atoms with E-state index in [0.717, 1.165) is 52.5 Å². The van der Waals surface area contributed by atoms with E-state index in [1.807, 2.05) is 30.3 Å². The van der Waals surface area contributed by atoms with Crippen molar-refractivity contribution in [3.63, 3.8) is 0 Å². The molecule has 6 heteroatoms. The molecule has 1 saturated heterocycles. The van der Waals surface area contributed by atoms with Gasteiger partial charge in [-0.3, -0.25) is 9.69 Å². The summed E-state index contributed by atoms with van der Waals surface area (Å²) in [6.07, 6.45) is 1.25. The summed E-state index contributed by atoms with van der Waals surface area (Å²) in [6.45, 7) is 6.11. The van der Waals surface area contributed by atoms with E-state index in [1.165, 1.54) is 42.0 Å². The molecule has 3 aromatic carbocycles. The topological polar surface area (TPSA) is 49.8 Å². The highest BCUT2D eigenvalue weighted by molar-refractivity contribution is 7.21. The maximum absolute atomic E-state index is 13.4. The Morgan fingerprint density at radius 3 is 2.59 bits per heavy atom. The van der Waals surface area contributed by atoms with Crippen LogP contribution in [0.5, 0.6) is 11.5 Å². The number of phenolic OH excluding ortho intramolecular Hbond substituents is 1. The molecule has 0 spiro atoms. The fraction of sp³-hybridized carbons (Fsp3) is 0.250. The molecule has 174 valence electrons. The summed E-state index contributed by atoms with van der Waals surface area (Å²) in [5.41, 5.74) is 2.13. The first-order valence-electron chi connectivity index (χ1n) is 11.5. The van der Waals surface area contributed by atoms with E-state index in [-0.39, 0.29) is 17.3 Å². The Bertz CT molecular complexity index is 1310. The van der Waals surface area contributed by atoms with Crippen LogP contribution < -0.4 is 4.74 Å². The number of rotatable bonds is 7. The largest absolute Gasteiger partial charge is 0.508 e. The minimum absolute atomic E-state index is 0.150. The summed E-state index contributed by atoms with van der Waals surface area (Å²) >= 11 is 1.33. The van der Waals surface area contributed by atoms with Crippen LogP contribution in [0.1, 0.15) is 28.6 Å². The quantitative estimate of drug-likeness (QED) is 0.316. The molecule has 2 heterocycles. The van der Waals surface area contributed by atoms with Crippen LogP contribution in [0.15, 0.2) is 66.7 Å². The Morgan fingerprint density at radius 2 is 1.88 bits per heavy atom. The SMILES string of the molecule is C[C@@H]1CCN(CCOc2ccc(-c3c(C(=O)c4ccc(F)cc4)sc4cc(O)ccc34)cc2)C1. The van der Waals surface area contributed by atoms with Crippen molar-refractivity contribution in [3.05, 3.63) is 83.0 Å². The molecule has 34 heavy (non-hydrogen) atoms. The average Bonchev–Trinajstić information content (AvgIpc) is 3.42. The Balaban J connectivity index is 1.42. The fourth-order valence-electron chi connectivity index (χ4n) is 4.50. The highest BCUT2D eigenvalue weighted by Gasteiger charge is 2.22. The van der Waals surface area contributed by atoms with Crippen molar-refractivity contribution in [2.45, 2.75) is 13.3 Å². The molecule has 0 saturated carbocycles. The molecule has 1 fully saturated rings. The minimum Gasteiger partial charge on any atom is -0.508 e. The standard InChI is InChI=1S/C28H26FNO3S/c1-18-12-13-30(17-18)14-15-33-23-9-4-19(5-10-23)26-24-11-8-22(31)16-25(24)34-28(26)27(32)20-2-6-21(29)7-3-20/h2-11,16,18,31H,12-15,17H2,1H3/t18-/m1/s1. The summed E-state index contributed by atoms with van der Waals surface area (Å²) in [5.74, 6) is 1.15. The van der Waals surface area contributed by atoms with E-state index < -0.39 is 0 Å². The van der Waals surface area contributed by atoms with Crippen LogP contribution in [-0.2, 0) is 0 Å². The molecular formula is C28H26FNO3S. The first-order valence-corrected chi connectivity index (χ1v) is 12.3. The van der Waals surface area contributed by atoms with Crippen molar-refractivity contribution in [1.29, 1.82) is 0 Å². The lowest BCUT2D eigenvalue weighted by atomic mass is 9.98. The number of halogens is 1. The molecule has 4 aromatic rings. The lowest BCUT2D eigenvalue weighted by Gasteiger charge is -2.15. The molecule has 0 unspecified atom stereocenters. The maximum Gasteiger partial charge on any atom is 0.203 e. The van der Waals surface area contributed by atoms with Gasteiger partial charge in [-0.2, -0.15) is 0 Å². The summed E-state index contributed by atoms with van der Waals surface area (Å²) in [4.78, 5) is 16.3. The number of fused-ring (bicyclic) bond motifs is 1. The number of carbonyl (C=O) groups is 1. The van der Waals surface area contributed by atoms with Gasteiger partial charge in [-0.15, -0.1) is 11.3 Å². The minimum atomic E-state index is -0.382. The number of thiophene rings is 1. The zero-order chi connectivity index (χ0) is 23.7. The number of ether oxygens (including phenoxy) is 1. The smallest absolute Gasteiger partial charge is 0.203 e. The van der Waals surface area contributed by atoms with Gasteiger partial charge in [0.2, 0.25) is 5.78 Å². The normalized spacial score (nSPS) is 16.2. The van der Waals surface area contributed by atoms with Crippen LogP contribution in [-0.4, -0.2) is 42.0 Å². The summed E-state index contributed by atoms with van der Waals surface area (Å²) in [7, 11) is 0. The molecular weight excluding hydrogens is 449 g/mol. The second-order valence-corrected chi connectivity index (χ2v) is 9.94. The van der Waals surface area contributed by atoms with Crippen molar-refractivity contribution in [2.24, 2.45) is 5.92 Å². The van der Waals surface area contributed by atoms with Crippen molar-refractivity contribution in [1.82, 2.24) is 4.90 Å². The van der Waals surface area contributed by atoms with E-state index in [1.54, 1.807) is 12.1 Å². The van der Waals surface area contributed by atoms with Crippen molar-refractivity contribution in [2.75, 3.05) is 26.2 Å². The summed E-state index contributed by atoms with van der Waals surface area (Å²) < 4.78 is 20.2. The van der Waals surface area contributed by atoms with Gasteiger partial charge in [-0.1, -0.05) is 19.1 Å². The number of carbonyl (C=O) groups excluding carboxylic acids is 1. The molecule has 1 aromatic heterocycles. The third-order valence-corrected chi connectivity index (χ3v) is 7.46. The second-order valence-electron chi connectivity index (χ2n) is 8.89. The number of hydrogen-bond donors (Lipinski definition) is 1. The first kappa shape index (κ1) is 22.6. The molecule has 0 radical (unpaired) electrons. The van der Waals surface area contributed by atoms with Gasteiger partial charge in [0, 0.05) is 34.3 Å². The van der Waals surface area contributed by atoms with Crippen molar-refractivity contribution >= 4 is 27.2 Å². The monoisotopic (exact) mass is 475 g/mol. The van der Waals surface area contributed by atoms with E-state index >= 15 is 0 Å². The average molecular weight is 476 g/mol. The Morgan fingerprint density at radius 1 is 1.12 bits per heavy atom. The highest BCUT2D eigenvalue weighted by atomic mass is 32.1. The van der Waals surface area contributed by atoms with E-state index in [2.05, 4.69) is 11.8 Å². The molecule has 0 aliphatic carbocycles. The molecule has 1 aliphatic rings. The van der Waals surface area contributed by atoms with Crippen LogP contribution in [0.2, 0.25) is 0 Å². The lowest BCUT2D eigenvalue weighted by molar-refractivity contribution is 0.104. The van der Waals surface area contributed by atoms with Crippen LogP contribution in [0.25, 0.3) is 21.2 Å². The van der Waals surface area contributed by atoms with Gasteiger partial charge in [-0.05, 0) is 79.0 Å². The van der Waals surface area contributed by atoms with Gasteiger partial charge in [0.1, 0.15) is 23.9 Å². The van der Waals surface area contributed by atoms with Gasteiger partial charge < -0.3 is 9.84 Å². The Labute approximate surface area is 202 Å². The predicted molar refractivity (Wildman–Crippen MR) is 134 cm³/mol. The van der Waals surface area contributed by atoms with Gasteiger partial charge in [-0.25, -0.2) is 4.39 Å². The van der Waals surface area contributed by atoms with Crippen molar-refractivity contribution < 1.29 is 19.0 Å². The van der Waals surface area contributed by atoms with Crippen LogP contribution in [0, 0.1) is 11.7 Å². The summed E-state index contributed by atoms with van der Waals surface area (Å²) in [5, 5.41) is 10.9.